The minimum Gasteiger partial charge on any atom is -0.468 e. The van der Waals surface area contributed by atoms with E-state index in [0.29, 0.717) is 0 Å². The molecular weight excluding hydrogens is 304 g/mol. The Labute approximate surface area is 142 Å². The van der Waals surface area contributed by atoms with Gasteiger partial charge in [-0.1, -0.05) is 48.0 Å². The monoisotopic (exact) mass is 326 g/mol. The molecule has 24 heavy (non-hydrogen) atoms. The van der Waals surface area contributed by atoms with Crippen molar-refractivity contribution in [3.8, 4) is 0 Å². The SMILES string of the molecule is COC(=O)[C@@H](NCC(=O)Nc1ccc(C)cc1C)c1ccccc1. The molecule has 0 aromatic heterocycles. The molecule has 0 spiro atoms. The second-order valence-electron chi connectivity index (χ2n) is 5.61. The Kier molecular flexibility index (Phi) is 6.09. The highest BCUT2D eigenvalue weighted by Gasteiger charge is 2.21. The standard InChI is InChI=1S/C19H22N2O3/c1-13-9-10-16(14(2)11-13)21-17(22)12-20-18(19(23)24-3)15-7-5-4-6-8-15/h4-11,18,20H,12H2,1-3H3,(H,21,22)/t18-/m0/s1. The molecule has 0 bridgehead atoms. The fourth-order valence-corrected chi connectivity index (χ4v) is 2.44. The van der Waals surface area contributed by atoms with Crippen molar-refractivity contribution in [3.05, 3.63) is 65.2 Å². The Balaban J connectivity index is 2.01. The Morgan fingerprint density at radius 3 is 2.42 bits per heavy atom. The lowest BCUT2D eigenvalue weighted by Crippen LogP contribution is -2.35. The van der Waals surface area contributed by atoms with E-state index >= 15 is 0 Å². The molecule has 2 aromatic rings. The Bertz CT molecular complexity index is 714. The number of carbonyl (C=O) groups is 2. The minimum absolute atomic E-state index is 0.00196. The number of benzene rings is 2. The van der Waals surface area contributed by atoms with Gasteiger partial charge in [-0.3, -0.25) is 10.1 Å². The number of aryl methyl sites for hydroxylation is 2. The largest absolute Gasteiger partial charge is 0.468 e. The van der Waals surface area contributed by atoms with Crippen LogP contribution in [0.15, 0.2) is 48.5 Å². The summed E-state index contributed by atoms with van der Waals surface area (Å²) in [6.45, 7) is 3.94. The molecule has 0 aliphatic heterocycles. The van der Waals surface area contributed by atoms with Gasteiger partial charge in [0.25, 0.3) is 0 Å². The maximum atomic E-state index is 12.2. The van der Waals surface area contributed by atoms with E-state index in [2.05, 4.69) is 10.6 Å². The molecule has 0 aliphatic carbocycles. The molecular formula is C19H22N2O3. The summed E-state index contributed by atoms with van der Waals surface area (Å²) in [5, 5.41) is 5.80. The topological polar surface area (TPSA) is 67.4 Å². The van der Waals surface area contributed by atoms with Gasteiger partial charge in [0.1, 0.15) is 6.04 Å². The van der Waals surface area contributed by atoms with Gasteiger partial charge in [-0.15, -0.1) is 0 Å². The molecule has 0 saturated heterocycles. The summed E-state index contributed by atoms with van der Waals surface area (Å²) in [6.07, 6.45) is 0. The third-order valence-corrected chi connectivity index (χ3v) is 3.69. The maximum absolute atomic E-state index is 12.2. The lowest BCUT2D eigenvalue weighted by atomic mass is 10.1. The highest BCUT2D eigenvalue weighted by Crippen LogP contribution is 2.16. The molecule has 1 atom stereocenters. The van der Waals surface area contributed by atoms with Gasteiger partial charge in [0.15, 0.2) is 0 Å². The zero-order chi connectivity index (χ0) is 17.5. The van der Waals surface area contributed by atoms with Crippen LogP contribution in [0.1, 0.15) is 22.7 Å². The molecule has 0 heterocycles. The molecule has 0 fully saturated rings. The van der Waals surface area contributed by atoms with Crippen LogP contribution in [0.2, 0.25) is 0 Å². The molecule has 0 aliphatic rings. The van der Waals surface area contributed by atoms with Crippen LogP contribution < -0.4 is 10.6 Å². The fraction of sp³-hybridized carbons (Fsp3) is 0.263. The van der Waals surface area contributed by atoms with Crippen molar-refractivity contribution in [2.75, 3.05) is 19.0 Å². The first kappa shape index (κ1) is 17.7. The summed E-state index contributed by atoms with van der Waals surface area (Å²) in [5.41, 5.74) is 3.65. The van der Waals surface area contributed by atoms with Gasteiger partial charge in [0.2, 0.25) is 5.91 Å². The number of amides is 1. The van der Waals surface area contributed by atoms with E-state index in [1.54, 1.807) is 0 Å². The lowest BCUT2D eigenvalue weighted by Gasteiger charge is -2.17. The van der Waals surface area contributed by atoms with Crippen molar-refractivity contribution in [1.29, 1.82) is 0 Å². The van der Waals surface area contributed by atoms with Gasteiger partial charge in [-0.25, -0.2) is 4.79 Å². The van der Waals surface area contributed by atoms with Gasteiger partial charge in [0, 0.05) is 5.69 Å². The quantitative estimate of drug-likeness (QED) is 0.801. The number of hydrogen-bond acceptors (Lipinski definition) is 4. The number of esters is 1. The van der Waals surface area contributed by atoms with Crippen LogP contribution in [0.25, 0.3) is 0 Å². The van der Waals surface area contributed by atoms with Gasteiger partial charge < -0.3 is 10.1 Å². The molecule has 2 aromatic carbocycles. The van der Waals surface area contributed by atoms with Gasteiger partial charge in [0.05, 0.1) is 13.7 Å². The van der Waals surface area contributed by atoms with Crippen LogP contribution in [-0.2, 0) is 14.3 Å². The molecule has 5 nitrogen and oxygen atoms in total. The van der Waals surface area contributed by atoms with Crippen LogP contribution in [0.3, 0.4) is 0 Å². The van der Waals surface area contributed by atoms with Gasteiger partial charge in [-0.2, -0.15) is 0 Å². The molecule has 0 unspecified atom stereocenters. The summed E-state index contributed by atoms with van der Waals surface area (Å²) in [6, 6.07) is 14.3. The summed E-state index contributed by atoms with van der Waals surface area (Å²) in [7, 11) is 1.33. The van der Waals surface area contributed by atoms with Crippen molar-refractivity contribution in [3.63, 3.8) is 0 Å². The van der Waals surface area contributed by atoms with Crippen LogP contribution in [0.5, 0.6) is 0 Å². The van der Waals surface area contributed by atoms with Crippen molar-refractivity contribution < 1.29 is 14.3 Å². The number of carbonyl (C=O) groups excluding carboxylic acids is 2. The lowest BCUT2D eigenvalue weighted by molar-refractivity contribution is -0.143. The minimum atomic E-state index is -0.680. The first-order valence-corrected chi connectivity index (χ1v) is 7.74. The summed E-state index contributed by atoms with van der Waals surface area (Å²) in [4.78, 5) is 24.1. The zero-order valence-electron chi connectivity index (χ0n) is 14.1. The summed E-state index contributed by atoms with van der Waals surface area (Å²) in [5.74, 6) is -0.646. The number of anilines is 1. The molecule has 0 saturated carbocycles. The second-order valence-corrected chi connectivity index (χ2v) is 5.61. The van der Waals surface area contributed by atoms with Gasteiger partial charge >= 0.3 is 5.97 Å². The van der Waals surface area contributed by atoms with Crippen LogP contribution in [-0.4, -0.2) is 25.5 Å². The Morgan fingerprint density at radius 2 is 1.79 bits per heavy atom. The molecule has 5 heteroatoms. The molecule has 126 valence electrons. The van der Waals surface area contributed by atoms with Crippen LogP contribution in [0, 0.1) is 13.8 Å². The predicted octanol–water partition coefficient (Wildman–Crippen LogP) is 2.75. The highest BCUT2D eigenvalue weighted by atomic mass is 16.5. The number of hydrogen-bond donors (Lipinski definition) is 2. The normalized spacial score (nSPS) is 11.6. The number of rotatable bonds is 6. The van der Waals surface area contributed by atoms with E-state index in [1.807, 2.05) is 62.4 Å². The predicted molar refractivity (Wildman–Crippen MR) is 93.7 cm³/mol. The average molecular weight is 326 g/mol. The van der Waals surface area contributed by atoms with Crippen molar-refractivity contribution in [2.45, 2.75) is 19.9 Å². The molecule has 1 amide bonds. The van der Waals surface area contributed by atoms with Crippen molar-refractivity contribution >= 4 is 17.6 Å². The van der Waals surface area contributed by atoms with Crippen molar-refractivity contribution in [2.24, 2.45) is 0 Å². The van der Waals surface area contributed by atoms with Crippen molar-refractivity contribution in [1.82, 2.24) is 5.32 Å². The highest BCUT2D eigenvalue weighted by molar-refractivity contribution is 5.93. The van der Waals surface area contributed by atoms with E-state index < -0.39 is 12.0 Å². The molecule has 0 radical (unpaired) electrons. The number of ether oxygens (including phenoxy) is 1. The van der Waals surface area contributed by atoms with E-state index in [9.17, 15) is 9.59 Å². The van der Waals surface area contributed by atoms with E-state index in [4.69, 9.17) is 4.74 Å². The maximum Gasteiger partial charge on any atom is 0.327 e. The van der Waals surface area contributed by atoms with Crippen LogP contribution >= 0.6 is 0 Å². The van der Waals surface area contributed by atoms with E-state index in [-0.39, 0.29) is 12.5 Å². The fourth-order valence-electron chi connectivity index (χ4n) is 2.44. The number of nitrogens with one attached hydrogen (secondary N) is 2. The molecule has 2 rings (SSSR count). The average Bonchev–Trinajstić information content (AvgIpc) is 2.58. The zero-order valence-corrected chi connectivity index (χ0v) is 14.1. The first-order valence-electron chi connectivity index (χ1n) is 7.74. The van der Waals surface area contributed by atoms with E-state index in [1.165, 1.54) is 7.11 Å². The second kappa shape index (κ2) is 8.26. The Morgan fingerprint density at radius 1 is 1.08 bits per heavy atom. The third kappa shape index (κ3) is 4.67. The van der Waals surface area contributed by atoms with E-state index in [0.717, 1.165) is 22.4 Å². The summed E-state index contributed by atoms with van der Waals surface area (Å²) >= 11 is 0. The summed E-state index contributed by atoms with van der Waals surface area (Å²) < 4.78 is 4.82. The molecule has 2 N–H and O–H groups in total. The van der Waals surface area contributed by atoms with Crippen LogP contribution in [0.4, 0.5) is 5.69 Å². The smallest absolute Gasteiger partial charge is 0.327 e. The first-order chi connectivity index (χ1) is 11.5. The van der Waals surface area contributed by atoms with Gasteiger partial charge in [-0.05, 0) is 31.0 Å². The Hall–Kier alpha value is -2.66. The third-order valence-electron chi connectivity index (χ3n) is 3.69. The number of methoxy groups -OCH3 is 1.